The van der Waals surface area contributed by atoms with Crippen LogP contribution in [0.1, 0.15) is 12.0 Å². The van der Waals surface area contributed by atoms with Crippen LogP contribution in [0.4, 0.5) is 19.0 Å². The van der Waals surface area contributed by atoms with E-state index in [1.165, 1.54) is 6.07 Å². The minimum Gasteiger partial charge on any atom is -0.379 e. The van der Waals surface area contributed by atoms with Crippen LogP contribution in [0.15, 0.2) is 18.3 Å². The smallest absolute Gasteiger partial charge is 0.379 e. The number of morpholine rings is 1. The number of pyridine rings is 1. The molecule has 20 heavy (non-hydrogen) atoms. The van der Waals surface area contributed by atoms with Crippen molar-refractivity contribution in [1.29, 1.82) is 0 Å². The standard InChI is InChI=1S/C13H18F3N3O/c14-13(15,16)11-2-3-12(18-10-11)17-4-1-5-19-6-8-20-9-7-19/h2-3,10H,1,4-9H2,(H,17,18). The number of ether oxygens (including phenoxy) is 1. The number of anilines is 1. The van der Waals surface area contributed by atoms with Gasteiger partial charge in [0.25, 0.3) is 0 Å². The highest BCUT2D eigenvalue weighted by Gasteiger charge is 2.30. The van der Waals surface area contributed by atoms with E-state index in [0.29, 0.717) is 12.4 Å². The molecule has 1 N–H and O–H groups in total. The third kappa shape index (κ3) is 4.64. The van der Waals surface area contributed by atoms with Gasteiger partial charge >= 0.3 is 6.18 Å². The highest BCUT2D eigenvalue weighted by atomic mass is 19.4. The van der Waals surface area contributed by atoms with Crippen LogP contribution >= 0.6 is 0 Å². The Labute approximate surface area is 115 Å². The molecule has 0 atom stereocenters. The predicted molar refractivity (Wildman–Crippen MR) is 69.6 cm³/mol. The monoisotopic (exact) mass is 289 g/mol. The van der Waals surface area contributed by atoms with E-state index in [0.717, 1.165) is 51.5 Å². The zero-order chi connectivity index (χ0) is 14.4. The third-order valence-electron chi connectivity index (χ3n) is 3.15. The topological polar surface area (TPSA) is 37.4 Å². The van der Waals surface area contributed by atoms with Crippen molar-refractivity contribution < 1.29 is 17.9 Å². The van der Waals surface area contributed by atoms with Gasteiger partial charge in [0.1, 0.15) is 5.82 Å². The number of nitrogens with one attached hydrogen (secondary N) is 1. The molecule has 1 aromatic rings. The van der Waals surface area contributed by atoms with Gasteiger partial charge in [-0.15, -0.1) is 0 Å². The molecular weight excluding hydrogens is 271 g/mol. The molecule has 4 nitrogen and oxygen atoms in total. The summed E-state index contributed by atoms with van der Waals surface area (Å²) >= 11 is 0. The van der Waals surface area contributed by atoms with Gasteiger partial charge in [0, 0.05) is 25.8 Å². The number of alkyl halides is 3. The maximum absolute atomic E-state index is 12.4. The molecule has 7 heteroatoms. The molecule has 2 rings (SSSR count). The van der Waals surface area contributed by atoms with E-state index >= 15 is 0 Å². The maximum Gasteiger partial charge on any atom is 0.417 e. The van der Waals surface area contributed by atoms with Crippen molar-refractivity contribution in [2.45, 2.75) is 12.6 Å². The molecular formula is C13H18F3N3O. The van der Waals surface area contributed by atoms with Gasteiger partial charge in [-0.1, -0.05) is 0 Å². The first-order chi connectivity index (χ1) is 9.55. The van der Waals surface area contributed by atoms with Crippen LogP contribution in [0, 0.1) is 0 Å². The number of hydrogen-bond donors (Lipinski definition) is 1. The summed E-state index contributed by atoms with van der Waals surface area (Å²) in [7, 11) is 0. The molecule has 1 fully saturated rings. The summed E-state index contributed by atoms with van der Waals surface area (Å²) < 4.78 is 42.3. The van der Waals surface area contributed by atoms with Crippen molar-refractivity contribution >= 4 is 5.82 Å². The SMILES string of the molecule is FC(F)(F)c1ccc(NCCCN2CCOCC2)nc1. The fraction of sp³-hybridized carbons (Fsp3) is 0.615. The maximum atomic E-state index is 12.4. The van der Waals surface area contributed by atoms with E-state index in [2.05, 4.69) is 15.2 Å². The molecule has 0 aliphatic carbocycles. The van der Waals surface area contributed by atoms with Crippen LogP contribution in [0.3, 0.4) is 0 Å². The number of halogens is 3. The second kappa shape index (κ2) is 6.90. The predicted octanol–water partition coefficient (Wildman–Crippen LogP) is 2.23. The van der Waals surface area contributed by atoms with E-state index in [1.54, 1.807) is 0 Å². The van der Waals surface area contributed by atoms with Crippen molar-refractivity contribution in [2.75, 3.05) is 44.7 Å². The van der Waals surface area contributed by atoms with Crippen LogP contribution in [-0.2, 0) is 10.9 Å². The van der Waals surface area contributed by atoms with E-state index in [-0.39, 0.29) is 0 Å². The van der Waals surface area contributed by atoms with E-state index in [9.17, 15) is 13.2 Å². The number of rotatable bonds is 5. The lowest BCUT2D eigenvalue weighted by Crippen LogP contribution is -2.37. The van der Waals surface area contributed by atoms with Crippen LogP contribution in [0.5, 0.6) is 0 Å². The number of nitrogens with zero attached hydrogens (tertiary/aromatic N) is 2. The molecule has 1 saturated heterocycles. The molecule has 0 bridgehead atoms. The molecule has 2 heterocycles. The van der Waals surface area contributed by atoms with Gasteiger partial charge in [-0.25, -0.2) is 4.98 Å². The lowest BCUT2D eigenvalue weighted by atomic mass is 10.3. The Balaban J connectivity index is 1.68. The lowest BCUT2D eigenvalue weighted by Gasteiger charge is -2.26. The summed E-state index contributed by atoms with van der Waals surface area (Å²) in [5.41, 5.74) is -0.726. The summed E-state index contributed by atoms with van der Waals surface area (Å²) in [6.07, 6.45) is -2.56. The summed E-state index contributed by atoms with van der Waals surface area (Å²) in [6, 6.07) is 2.40. The van der Waals surface area contributed by atoms with Crippen LogP contribution in [0.2, 0.25) is 0 Å². The molecule has 0 saturated carbocycles. The van der Waals surface area contributed by atoms with Gasteiger partial charge < -0.3 is 10.1 Å². The average Bonchev–Trinajstić information content (AvgIpc) is 2.44. The Hall–Kier alpha value is -1.34. The molecule has 1 aromatic heterocycles. The molecule has 0 aromatic carbocycles. The molecule has 112 valence electrons. The quantitative estimate of drug-likeness (QED) is 0.844. The van der Waals surface area contributed by atoms with Crippen molar-refractivity contribution in [3.63, 3.8) is 0 Å². The highest BCUT2D eigenvalue weighted by Crippen LogP contribution is 2.28. The molecule has 0 unspecified atom stereocenters. The normalized spacial score (nSPS) is 17.1. The highest BCUT2D eigenvalue weighted by molar-refractivity contribution is 5.35. The van der Waals surface area contributed by atoms with E-state index in [1.807, 2.05) is 0 Å². The summed E-state index contributed by atoms with van der Waals surface area (Å²) in [6.45, 7) is 5.07. The first-order valence-corrected chi connectivity index (χ1v) is 6.63. The van der Waals surface area contributed by atoms with Gasteiger partial charge in [0.2, 0.25) is 0 Å². The number of aromatic nitrogens is 1. The zero-order valence-corrected chi connectivity index (χ0v) is 11.1. The van der Waals surface area contributed by atoms with Crippen molar-refractivity contribution in [3.8, 4) is 0 Å². The van der Waals surface area contributed by atoms with Crippen molar-refractivity contribution in [3.05, 3.63) is 23.9 Å². The molecule has 0 amide bonds. The minimum atomic E-state index is -4.33. The Bertz CT molecular complexity index is 402. The Kier molecular flexibility index (Phi) is 5.19. The van der Waals surface area contributed by atoms with Crippen LogP contribution in [-0.4, -0.2) is 49.3 Å². The minimum absolute atomic E-state index is 0.472. The van der Waals surface area contributed by atoms with Gasteiger partial charge in [-0.05, 0) is 25.1 Å². The fourth-order valence-corrected chi connectivity index (χ4v) is 2.01. The first kappa shape index (κ1) is 15.1. The summed E-state index contributed by atoms with van der Waals surface area (Å²) in [5, 5.41) is 3.03. The molecule has 1 aliphatic heterocycles. The second-order valence-electron chi connectivity index (χ2n) is 4.66. The Morgan fingerprint density at radius 2 is 2.00 bits per heavy atom. The summed E-state index contributed by atoms with van der Waals surface area (Å²) in [4.78, 5) is 6.08. The van der Waals surface area contributed by atoms with Gasteiger partial charge in [-0.2, -0.15) is 13.2 Å². The number of hydrogen-bond acceptors (Lipinski definition) is 4. The van der Waals surface area contributed by atoms with Crippen LogP contribution < -0.4 is 5.32 Å². The van der Waals surface area contributed by atoms with Gasteiger partial charge in [0.05, 0.1) is 18.8 Å². The third-order valence-corrected chi connectivity index (χ3v) is 3.15. The molecule has 1 aliphatic rings. The Morgan fingerprint density at radius 1 is 1.25 bits per heavy atom. The second-order valence-corrected chi connectivity index (χ2v) is 4.66. The van der Waals surface area contributed by atoms with Crippen molar-refractivity contribution in [2.24, 2.45) is 0 Å². The van der Waals surface area contributed by atoms with E-state index in [4.69, 9.17) is 4.74 Å². The lowest BCUT2D eigenvalue weighted by molar-refractivity contribution is -0.137. The van der Waals surface area contributed by atoms with Crippen molar-refractivity contribution in [1.82, 2.24) is 9.88 Å². The fourth-order valence-electron chi connectivity index (χ4n) is 2.01. The largest absolute Gasteiger partial charge is 0.417 e. The van der Waals surface area contributed by atoms with E-state index < -0.39 is 11.7 Å². The average molecular weight is 289 g/mol. The summed E-state index contributed by atoms with van der Waals surface area (Å²) in [5.74, 6) is 0.472. The first-order valence-electron chi connectivity index (χ1n) is 6.63. The molecule has 0 radical (unpaired) electrons. The Morgan fingerprint density at radius 3 is 2.60 bits per heavy atom. The van der Waals surface area contributed by atoms with Gasteiger partial charge in [-0.3, -0.25) is 4.90 Å². The molecule has 0 spiro atoms. The van der Waals surface area contributed by atoms with Crippen LogP contribution in [0.25, 0.3) is 0 Å². The zero-order valence-electron chi connectivity index (χ0n) is 11.1. The van der Waals surface area contributed by atoms with Gasteiger partial charge in [0.15, 0.2) is 0 Å².